The lowest BCUT2D eigenvalue weighted by atomic mass is 9.79. The van der Waals surface area contributed by atoms with Crippen molar-refractivity contribution in [2.45, 2.75) is 19.8 Å². The van der Waals surface area contributed by atoms with Gasteiger partial charge in [-0.1, -0.05) is 0 Å². The average Bonchev–Trinajstić information content (AvgIpc) is 2.61. The number of nitrogens with one attached hydrogen (secondary N) is 2. The van der Waals surface area contributed by atoms with E-state index in [0.29, 0.717) is 36.8 Å². The highest BCUT2D eigenvalue weighted by molar-refractivity contribution is 5.94. The Morgan fingerprint density at radius 1 is 1.25 bits per heavy atom. The maximum Gasteiger partial charge on any atom is 0.251 e. The minimum Gasteiger partial charge on any atom is -0.493 e. The molecule has 0 spiro atoms. The van der Waals surface area contributed by atoms with Crippen molar-refractivity contribution in [1.29, 1.82) is 0 Å². The number of hydrogen-bond donors (Lipinski definition) is 2. The zero-order chi connectivity index (χ0) is 17.4. The quantitative estimate of drug-likeness (QED) is 0.758. The van der Waals surface area contributed by atoms with Gasteiger partial charge in [0.25, 0.3) is 5.91 Å². The van der Waals surface area contributed by atoms with E-state index in [1.54, 1.807) is 32.4 Å². The van der Waals surface area contributed by atoms with E-state index < -0.39 is 0 Å². The third kappa shape index (κ3) is 4.61. The number of rotatable bonds is 8. The zero-order valence-electron chi connectivity index (χ0n) is 14.8. The van der Waals surface area contributed by atoms with Crippen LogP contribution in [-0.2, 0) is 4.74 Å². The summed E-state index contributed by atoms with van der Waals surface area (Å²) in [7, 11) is 3.28. The number of carbonyl (C=O) groups is 1. The van der Waals surface area contributed by atoms with E-state index in [9.17, 15) is 4.79 Å². The first-order chi connectivity index (χ1) is 11.6. The monoisotopic (exact) mass is 336 g/mol. The van der Waals surface area contributed by atoms with Gasteiger partial charge in [-0.15, -0.1) is 0 Å². The van der Waals surface area contributed by atoms with Crippen LogP contribution in [0.2, 0.25) is 0 Å². The highest BCUT2D eigenvalue weighted by Gasteiger charge is 2.32. The SMILES string of the molecule is CCOc1ccc(C(=O)NCC2(COC)CCNCC2)cc1OC. The molecular weight excluding hydrogens is 308 g/mol. The van der Waals surface area contributed by atoms with Crippen LogP contribution in [0.25, 0.3) is 0 Å². The Labute approximate surface area is 143 Å². The molecule has 2 rings (SSSR count). The number of methoxy groups -OCH3 is 2. The largest absolute Gasteiger partial charge is 0.493 e. The van der Waals surface area contributed by atoms with Crippen LogP contribution < -0.4 is 20.1 Å². The Balaban J connectivity index is 2.03. The Hall–Kier alpha value is -1.79. The van der Waals surface area contributed by atoms with Crippen molar-refractivity contribution in [2.24, 2.45) is 5.41 Å². The summed E-state index contributed by atoms with van der Waals surface area (Å²) in [6.45, 7) is 5.63. The van der Waals surface area contributed by atoms with Crippen LogP contribution in [0.1, 0.15) is 30.1 Å². The standard InChI is InChI=1S/C18H28N2O4/c1-4-24-15-6-5-14(11-16(15)23-3)17(21)20-12-18(13-22-2)7-9-19-10-8-18/h5-6,11,19H,4,7-10,12-13H2,1-3H3,(H,20,21). The van der Waals surface area contributed by atoms with Gasteiger partial charge < -0.3 is 24.8 Å². The smallest absolute Gasteiger partial charge is 0.251 e. The van der Waals surface area contributed by atoms with Crippen molar-refractivity contribution in [3.63, 3.8) is 0 Å². The highest BCUT2D eigenvalue weighted by atomic mass is 16.5. The molecule has 0 aliphatic carbocycles. The van der Waals surface area contributed by atoms with Crippen molar-refractivity contribution < 1.29 is 19.0 Å². The summed E-state index contributed by atoms with van der Waals surface area (Å²) in [5, 5.41) is 6.41. The average molecular weight is 336 g/mol. The van der Waals surface area contributed by atoms with Gasteiger partial charge >= 0.3 is 0 Å². The Morgan fingerprint density at radius 3 is 2.62 bits per heavy atom. The summed E-state index contributed by atoms with van der Waals surface area (Å²) in [4.78, 5) is 12.5. The fourth-order valence-electron chi connectivity index (χ4n) is 3.09. The third-order valence-electron chi connectivity index (χ3n) is 4.46. The minimum absolute atomic E-state index is 0.00497. The maximum atomic E-state index is 12.5. The molecule has 2 N–H and O–H groups in total. The van der Waals surface area contributed by atoms with Gasteiger partial charge in [-0.25, -0.2) is 0 Å². The molecule has 1 saturated heterocycles. The molecule has 1 heterocycles. The van der Waals surface area contributed by atoms with Crippen LogP contribution in [0.3, 0.4) is 0 Å². The van der Waals surface area contributed by atoms with E-state index in [-0.39, 0.29) is 11.3 Å². The Bertz CT molecular complexity index is 536. The molecule has 1 fully saturated rings. The van der Waals surface area contributed by atoms with Crippen LogP contribution in [0, 0.1) is 5.41 Å². The van der Waals surface area contributed by atoms with Crippen molar-refractivity contribution in [1.82, 2.24) is 10.6 Å². The molecule has 0 radical (unpaired) electrons. The summed E-state index contributed by atoms with van der Waals surface area (Å²) < 4.78 is 16.2. The van der Waals surface area contributed by atoms with Crippen molar-refractivity contribution in [3.8, 4) is 11.5 Å². The van der Waals surface area contributed by atoms with Gasteiger partial charge in [-0.3, -0.25) is 4.79 Å². The molecule has 6 heteroatoms. The zero-order valence-corrected chi connectivity index (χ0v) is 14.8. The fourth-order valence-corrected chi connectivity index (χ4v) is 3.09. The van der Waals surface area contributed by atoms with Gasteiger partial charge in [-0.2, -0.15) is 0 Å². The van der Waals surface area contributed by atoms with E-state index in [4.69, 9.17) is 14.2 Å². The van der Waals surface area contributed by atoms with Gasteiger partial charge in [-0.05, 0) is 51.1 Å². The second-order valence-corrected chi connectivity index (χ2v) is 6.16. The summed E-state index contributed by atoms with van der Waals surface area (Å²) in [5.74, 6) is 1.11. The fraction of sp³-hybridized carbons (Fsp3) is 0.611. The third-order valence-corrected chi connectivity index (χ3v) is 4.46. The topological polar surface area (TPSA) is 68.8 Å². The second-order valence-electron chi connectivity index (χ2n) is 6.16. The molecule has 1 aromatic rings. The van der Waals surface area contributed by atoms with Gasteiger partial charge in [0.15, 0.2) is 11.5 Å². The van der Waals surface area contributed by atoms with Gasteiger partial charge in [0.2, 0.25) is 0 Å². The summed E-state index contributed by atoms with van der Waals surface area (Å²) in [5.41, 5.74) is 0.571. The van der Waals surface area contributed by atoms with E-state index in [1.807, 2.05) is 6.92 Å². The van der Waals surface area contributed by atoms with Gasteiger partial charge in [0, 0.05) is 24.6 Å². The van der Waals surface area contributed by atoms with Crippen molar-refractivity contribution in [3.05, 3.63) is 23.8 Å². The summed E-state index contributed by atoms with van der Waals surface area (Å²) in [6.07, 6.45) is 1.99. The summed E-state index contributed by atoms with van der Waals surface area (Å²) in [6, 6.07) is 5.24. The highest BCUT2D eigenvalue weighted by Crippen LogP contribution is 2.30. The normalized spacial score (nSPS) is 16.5. The van der Waals surface area contributed by atoms with E-state index in [0.717, 1.165) is 25.9 Å². The molecule has 1 aliphatic heterocycles. The van der Waals surface area contributed by atoms with Gasteiger partial charge in [0.1, 0.15) is 0 Å². The first kappa shape index (κ1) is 18.5. The molecule has 1 amide bonds. The maximum absolute atomic E-state index is 12.5. The van der Waals surface area contributed by atoms with E-state index >= 15 is 0 Å². The number of carbonyl (C=O) groups excluding carboxylic acids is 1. The lowest BCUT2D eigenvalue weighted by molar-refractivity contribution is 0.0511. The number of amides is 1. The molecule has 0 unspecified atom stereocenters. The Morgan fingerprint density at radius 2 is 2.00 bits per heavy atom. The molecule has 0 saturated carbocycles. The van der Waals surface area contributed by atoms with E-state index in [2.05, 4.69) is 10.6 Å². The molecule has 0 aromatic heterocycles. The molecular formula is C18H28N2O4. The molecule has 0 bridgehead atoms. The van der Waals surface area contributed by atoms with Gasteiger partial charge in [0.05, 0.1) is 20.3 Å². The van der Waals surface area contributed by atoms with Crippen molar-refractivity contribution in [2.75, 3.05) is 47.1 Å². The lowest BCUT2D eigenvalue weighted by Crippen LogP contribution is -2.47. The van der Waals surface area contributed by atoms with Crippen LogP contribution >= 0.6 is 0 Å². The molecule has 134 valence electrons. The number of ether oxygens (including phenoxy) is 3. The summed E-state index contributed by atoms with van der Waals surface area (Å²) >= 11 is 0. The number of piperidine rings is 1. The molecule has 0 atom stereocenters. The first-order valence-corrected chi connectivity index (χ1v) is 8.43. The van der Waals surface area contributed by atoms with Crippen LogP contribution in [-0.4, -0.2) is 53.0 Å². The Kier molecular flexibility index (Phi) is 6.87. The molecule has 24 heavy (non-hydrogen) atoms. The second kappa shape index (κ2) is 8.89. The van der Waals surface area contributed by atoms with Crippen LogP contribution in [0.5, 0.6) is 11.5 Å². The number of benzene rings is 1. The number of hydrogen-bond acceptors (Lipinski definition) is 5. The van der Waals surface area contributed by atoms with Crippen LogP contribution in [0.15, 0.2) is 18.2 Å². The van der Waals surface area contributed by atoms with Crippen molar-refractivity contribution >= 4 is 5.91 Å². The predicted octanol–water partition coefficient (Wildman–Crippen LogP) is 1.84. The molecule has 1 aromatic carbocycles. The minimum atomic E-state index is -0.106. The molecule has 1 aliphatic rings. The van der Waals surface area contributed by atoms with Crippen LogP contribution in [0.4, 0.5) is 0 Å². The predicted molar refractivity (Wildman–Crippen MR) is 92.9 cm³/mol. The van der Waals surface area contributed by atoms with E-state index in [1.165, 1.54) is 0 Å². The first-order valence-electron chi connectivity index (χ1n) is 8.43. The lowest BCUT2D eigenvalue weighted by Gasteiger charge is -2.37. The molecule has 6 nitrogen and oxygen atoms in total.